The lowest BCUT2D eigenvalue weighted by molar-refractivity contribution is -0.133. The van der Waals surface area contributed by atoms with Crippen LogP contribution in [0.3, 0.4) is 0 Å². The maximum atomic E-state index is 12.2. The van der Waals surface area contributed by atoms with E-state index in [1.807, 2.05) is 4.90 Å². The summed E-state index contributed by atoms with van der Waals surface area (Å²) in [4.78, 5) is 16.4. The molecule has 2 fully saturated rings. The minimum absolute atomic E-state index is 0.206. The van der Waals surface area contributed by atoms with Gasteiger partial charge in [0.25, 0.3) is 0 Å². The number of nitrogens with two attached hydrogens (primary N) is 1. The summed E-state index contributed by atoms with van der Waals surface area (Å²) in [6.45, 7) is 4.35. The Kier molecular flexibility index (Phi) is 6.26. The monoisotopic (exact) mass is 283 g/mol. The molecule has 0 spiro atoms. The van der Waals surface area contributed by atoms with E-state index in [0.717, 1.165) is 52.0 Å². The van der Waals surface area contributed by atoms with E-state index in [9.17, 15) is 4.79 Å². The summed E-state index contributed by atoms with van der Waals surface area (Å²) in [7, 11) is 0. The van der Waals surface area contributed by atoms with Gasteiger partial charge in [-0.3, -0.25) is 9.69 Å². The number of β-amino-alcohol motifs (C(OH)–C–C–N with tert-alkyl or cyclic N) is 1. The second-order valence-corrected chi connectivity index (χ2v) is 6.27. The van der Waals surface area contributed by atoms with Crippen LogP contribution in [0.1, 0.15) is 38.5 Å². The van der Waals surface area contributed by atoms with Gasteiger partial charge in [-0.1, -0.05) is 0 Å². The zero-order valence-corrected chi connectivity index (χ0v) is 12.5. The zero-order chi connectivity index (χ0) is 14.4. The first-order valence-electron chi connectivity index (χ1n) is 8.05. The molecule has 2 rings (SSSR count). The lowest BCUT2D eigenvalue weighted by atomic mass is 9.83. The van der Waals surface area contributed by atoms with Gasteiger partial charge in [-0.15, -0.1) is 0 Å². The van der Waals surface area contributed by atoms with Crippen molar-refractivity contribution < 1.29 is 9.90 Å². The number of hydrogen-bond donors (Lipinski definition) is 2. The standard InChI is InChI=1S/C15H29N3O2/c16-14-4-1-13(2-5-14)3-6-15(20)18-9-7-17(8-10-18)11-12-19/h13-14,19H,1-12,16H2. The van der Waals surface area contributed by atoms with Crippen LogP contribution in [0.25, 0.3) is 0 Å². The van der Waals surface area contributed by atoms with E-state index < -0.39 is 0 Å². The average molecular weight is 283 g/mol. The highest BCUT2D eigenvalue weighted by molar-refractivity contribution is 5.76. The fourth-order valence-corrected chi connectivity index (χ4v) is 3.32. The average Bonchev–Trinajstić information content (AvgIpc) is 2.47. The van der Waals surface area contributed by atoms with Crippen LogP contribution in [0.4, 0.5) is 0 Å². The molecule has 0 bridgehead atoms. The molecule has 1 heterocycles. The summed E-state index contributed by atoms with van der Waals surface area (Å²) >= 11 is 0. The number of hydrogen-bond acceptors (Lipinski definition) is 4. The highest BCUT2D eigenvalue weighted by atomic mass is 16.3. The van der Waals surface area contributed by atoms with Crippen LogP contribution in [0.15, 0.2) is 0 Å². The third-order valence-electron chi connectivity index (χ3n) is 4.80. The molecular weight excluding hydrogens is 254 g/mol. The Balaban J connectivity index is 1.63. The maximum absolute atomic E-state index is 12.2. The molecule has 5 nitrogen and oxygen atoms in total. The van der Waals surface area contributed by atoms with Gasteiger partial charge in [0.05, 0.1) is 6.61 Å². The molecule has 1 amide bonds. The number of aliphatic hydroxyl groups excluding tert-OH is 1. The van der Waals surface area contributed by atoms with Gasteiger partial charge in [0.2, 0.25) is 5.91 Å². The van der Waals surface area contributed by atoms with Crippen molar-refractivity contribution in [1.29, 1.82) is 0 Å². The van der Waals surface area contributed by atoms with Crippen molar-refractivity contribution in [3.63, 3.8) is 0 Å². The SMILES string of the molecule is NC1CCC(CCC(=O)N2CCN(CCO)CC2)CC1. The van der Waals surface area contributed by atoms with Crippen LogP contribution in [0.2, 0.25) is 0 Å². The van der Waals surface area contributed by atoms with E-state index in [2.05, 4.69) is 4.90 Å². The summed E-state index contributed by atoms with van der Waals surface area (Å²) in [6.07, 6.45) is 6.36. The van der Waals surface area contributed by atoms with Gasteiger partial charge in [0.15, 0.2) is 0 Å². The molecule has 0 radical (unpaired) electrons. The normalized spacial score (nSPS) is 28.6. The van der Waals surface area contributed by atoms with Crippen molar-refractivity contribution in [3.8, 4) is 0 Å². The molecule has 0 aromatic heterocycles. The molecule has 0 unspecified atom stereocenters. The van der Waals surface area contributed by atoms with Gasteiger partial charge in [0.1, 0.15) is 0 Å². The lowest BCUT2D eigenvalue weighted by Crippen LogP contribution is -2.49. The summed E-state index contributed by atoms with van der Waals surface area (Å²) in [5.74, 6) is 1.01. The molecule has 5 heteroatoms. The zero-order valence-electron chi connectivity index (χ0n) is 12.5. The fraction of sp³-hybridized carbons (Fsp3) is 0.933. The van der Waals surface area contributed by atoms with E-state index in [4.69, 9.17) is 10.8 Å². The van der Waals surface area contributed by atoms with Crippen molar-refractivity contribution in [2.24, 2.45) is 11.7 Å². The predicted molar refractivity (Wildman–Crippen MR) is 79.3 cm³/mol. The van der Waals surface area contributed by atoms with Crippen molar-refractivity contribution in [2.45, 2.75) is 44.6 Å². The number of carbonyl (C=O) groups excluding carboxylic acids is 1. The Bertz CT molecular complexity index is 295. The van der Waals surface area contributed by atoms with Gasteiger partial charge >= 0.3 is 0 Å². The Morgan fingerprint density at radius 2 is 1.75 bits per heavy atom. The molecule has 0 aromatic rings. The number of amides is 1. The molecule has 1 aliphatic heterocycles. The Hall–Kier alpha value is -0.650. The smallest absolute Gasteiger partial charge is 0.222 e. The number of rotatable bonds is 5. The first kappa shape index (κ1) is 15.7. The molecule has 1 saturated carbocycles. The van der Waals surface area contributed by atoms with Gasteiger partial charge in [-0.2, -0.15) is 0 Å². The van der Waals surface area contributed by atoms with Crippen molar-refractivity contribution in [2.75, 3.05) is 39.3 Å². The molecule has 1 aliphatic carbocycles. The number of aliphatic hydroxyl groups is 1. The summed E-state index contributed by atoms with van der Waals surface area (Å²) < 4.78 is 0. The van der Waals surface area contributed by atoms with Crippen LogP contribution in [-0.4, -0.2) is 66.2 Å². The van der Waals surface area contributed by atoms with Crippen LogP contribution in [0.5, 0.6) is 0 Å². The van der Waals surface area contributed by atoms with E-state index in [-0.39, 0.29) is 6.61 Å². The predicted octanol–water partition coefficient (Wildman–Crippen LogP) is 0.421. The van der Waals surface area contributed by atoms with E-state index >= 15 is 0 Å². The molecule has 0 atom stereocenters. The molecule has 0 aromatic carbocycles. The Labute approximate surface area is 122 Å². The molecule has 116 valence electrons. The van der Waals surface area contributed by atoms with Gasteiger partial charge in [0, 0.05) is 45.2 Å². The fourth-order valence-electron chi connectivity index (χ4n) is 3.32. The van der Waals surface area contributed by atoms with Gasteiger partial charge in [-0.25, -0.2) is 0 Å². The molecule has 2 aliphatic rings. The van der Waals surface area contributed by atoms with E-state index in [0.29, 0.717) is 24.3 Å². The molecule has 1 saturated heterocycles. The highest BCUT2D eigenvalue weighted by Crippen LogP contribution is 2.27. The van der Waals surface area contributed by atoms with Crippen LogP contribution in [0, 0.1) is 5.92 Å². The van der Waals surface area contributed by atoms with Crippen LogP contribution < -0.4 is 5.73 Å². The third kappa shape index (κ3) is 4.72. The second-order valence-electron chi connectivity index (χ2n) is 6.27. The lowest BCUT2D eigenvalue weighted by Gasteiger charge is -2.35. The second kappa shape index (κ2) is 7.96. The summed E-state index contributed by atoms with van der Waals surface area (Å²) in [5, 5.41) is 8.91. The Morgan fingerprint density at radius 3 is 2.35 bits per heavy atom. The minimum Gasteiger partial charge on any atom is -0.395 e. The summed E-state index contributed by atoms with van der Waals surface area (Å²) in [5.41, 5.74) is 5.91. The van der Waals surface area contributed by atoms with E-state index in [1.165, 1.54) is 12.8 Å². The number of piperazine rings is 1. The first-order chi connectivity index (χ1) is 9.69. The van der Waals surface area contributed by atoms with Gasteiger partial charge < -0.3 is 15.7 Å². The van der Waals surface area contributed by atoms with Crippen LogP contribution in [-0.2, 0) is 4.79 Å². The molecular formula is C15H29N3O2. The van der Waals surface area contributed by atoms with Gasteiger partial charge in [-0.05, 0) is 38.0 Å². The van der Waals surface area contributed by atoms with Crippen molar-refractivity contribution in [1.82, 2.24) is 9.80 Å². The minimum atomic E-state index is 0.206. The number of nitrogens with zero attached hydrogens (tertiary/aromatic N) is 2. The van der Waals surface area contributed by atoms with E-state index in [1.54, 1.807) is 0 Å². The van der Waals surface area contributed by atoms with Crippen LogP contribution >= 0.6 is 0 Å². The highest BCUT2D eigenvalue weighted by Gasteiger charge is 2.23. The number of carbonyl (C=O) groups is 1. The van der Waals surface area contributed by atoms with Crippen molar-refractivity contribution >= 4 is 5.91 Å². The third-order valence-corrected chi connectivity index (χ3v) is 4.80. The maximum Gasteiger partial charge on any atom is 0.222 e. The van der Waals surface area contributed by atoms with Crippen molar-refractivity contribution in [3.05, 3.63) is 0 Å². The first-order valence-corrected chi connectivity index (χ1v) is 8.05. The Morgan fingerprint density at radius 1 is 1.10 bits per heavy atom. The quantitative estimate of drug-likeness (QED) is 0.767. The topological polar surface area (TPSA) is 69.8 Å². The largest absolute Gasteiger partial charge is 0.395 e. The molecule has 20 heavy (non-hydrogen) atoms. The molecule has 3 N–H and O–H groups in total. The summed E-state index contributed by atoms with van der Waals surface area (Å²) in [6, 6.07) is 0.390.